The van der Waals surface area contributed by atoms with Crippen molar-refractivity contribution in [1.29, 1.82) is 0 Å². The summed E-state index contributed by atoms with van der Waals surface area (Å²) >= 11 is 3.53. The molecule has 1 saturated carbocycles. The maximum atomic E-state index is 3.53. The molecule has 0 amide bonds. The van der Waals surface area contributed by atoms with Crippen LogP contribution < -0.4 is 5.32 Å². The van der Waals surface area contributed by atoms with E-state index >= 15 is 0 Å². The van der Waals surface area contributed by atoms with E-state index in [0.717, 1.165) is 12.5 Å². The topological polar surface area (TPSA) is 12.0 Å². The number of rotatable bonds is 3. The summed E-state index contributed by atoms with van der Waals surface area (Å²) in [5.41, 5.74) is 2.52. The van der Waals surface area contributed by atoms with Gasteiger partial charge in [-0.1, -0.05) is 22.0 Å². The maximum Gasteiger partial charge on any atom is 0.0351 e. The zero-order chi connectivity index (χ0) is 9.26. The fraction of sp³-hybridized carbons (Fsp3) is 0.455. The maximum absolute atomic E-state index is 3.53. The molecule has 0 atom stereocenters. The van der Waals surface area contributed by atoms with Crippen LogP contribution in [0.2, 0.25) is 0 Å². The highest BCUT2D eigenvalue weighted by Gasteiger charge is 2.20. The van der Waals surface area contributed by atoms with E-state index in [-0.39, 0.29) is 0 Å². The second kappa shape index (κ2) is 3.70. The van der Waals surface area contributed by atoms with Crippen molar-refractivity contribution >= 4 is 21.6 Å². The standard InChI is InChI=1S/C11H14BrN/c1-8-2-5-10(6-11(8)12)13-7-9-3-4-9/h2,5-6,9,13H,3-4,7H2,1H3. The van der Waals surface area contributed by atoms with Crippen molar-refractivity contribution in [1.82, 2.24) is 0 Å². The van der Waals surface area contributed by atoms with Gasteiger partial charge in [0.05, 0.1) is 0 Å². The van der Waals surface area contributed by atoms with E-state index in [4.69, 9.17) is 0 Å². The average Bonchev–Trinajstić information content (AvgIpc) is 2.91. The summed E-state index contributed by atoms with van der Waals surface area (Å²) in [6.07, 6.45) is 2.81. The molecule has 0 heterocycles. The van der Waals surface area contributed by atoms with Crippen LogP contribution >= 0.6 is 15.9 Å². The van der Waals surface area contributed by atoms with E-state index in [1.807, 2.05) is 0 Å². The highest BCUT2D eigenvalue weighted by atomic mass is 79.9. The SMILES string of the molecule is Cc1ccc(NCC2CC2)cc1Br. The van der Waals surface area contributed by atoms with Gasteiger partial charge in [0.2, 0.25) is 0 Å². The zero-order valence-electron chi connectivity index (χ0n) is 7.81. The lowest BCUT2D eigenvalue weighted by Gasteiger charge is -2.06. The van der Waals surface area contributed by atoms with Crippen molar-refractivity contribution < 1.29 is 0 Å². The second-order valence-corrected chi connectivity index (χ2v) is 4.64. The van der Waals surface area contributed by atoms with Gasteiger partial charge >= 0.3 is 0 Å². The van der Waals surface area contributed by atoms with Gasteiger partial charge < -0.3 is 5.32 Å². The first-order valence-corrected chi connectivity index (χ1v) is 5.55. The van der Waals surface area contributed by atoms with Gasteiger partial charge in [-0.25, -0.2) is 0 Å². The molecule has 0 aliphatic heterocycles. The number of hydrogen-bond acceptors (Lipinski definition) is 1. The quantitative estimate of drug-likeness (QED) is 0.851. The van der Waals surface area contributed by atoms with Gasteiger partial charge in [0.15, 0.2) is 0 Å². The second-order valence-electron chi connectivity index (χ2n) is 3.79. The first-order chi connectivity index (χ1) is 6.25. The van der Waals surface area contributed by atoms with Crippen molar-refractivity contribution in [3.63, 3.8) is 0 Å². The molecule has 2 rings (SSSR count). The van der Waals surface area contributed by atoms with Crippen LogP contribution in [0.5, 0.6) is 0 Å². The summed E-state index contributed by atoms with van der Waals surface area (Å²) < 4.78 is 1.19. The molecule has 1 fully saturated rings. The minimum atomic E-state index is 0.931. The number of anilines is 1. The van der Waals surface area contributed by atoms with E-state index in [1.165, 1.54) is 28.6 Å². The van der Waals surface area contributed by atoms with Crippen molar-refractivity contribution in [3.05, 3.63) is 28.2 Å². The fourth-order valence-electron chi connectivity index (χ4n) is 1.29. The first kappa shape index (κ1) is 9.07. The Morgan fingerprint density at radius 2 is 2.23 bits per heavy atom. The Balaban J connectivity index is 1.98. The Bertz CT molecular complexity index is 305. The van der Waals surface area contributed by atoms with Crippen LogP contribution in [-0.2, 0) is 0 Å². The van der Waals surface area contributed by atoms with Gasteiger partial charge in [-0.05, 0) is 43.4 Å². The lowest BCUT2D eigenvalue weighted by molar-refractivity contribution is 0.889. The normalized spacial score (nSPS) is 15.8. The molecule has 1 N–H and O–H groups in total. The fourth-order valence-corrected chi connectivity index (χ4v) is 1.67. The molecule has 0 unspecified atom stereocenters. The predicted octanol–water partition coefficient (Wildman–Crippen LogP) is 3.58. The van der Waals surface area contributed by atoms with Gasteiger partial charge in [0.1, 0.15) is 0 Å². The van der Waals surface area contributed by atoms with Gasteiger partial charge in [0, 0.05) is 16.7 Å². The zero-order valence-corrected chi connectivity index (χ0v) is 9.39. The molecule has 1 aliphatic carbocycles. The largest absolute Gasteiger partial charge is 0.385 e. The molecular formula is C11H14BrN. The lowest BCUT2D eigenvalue weighted by atomic mass is 10.2. The highest BCUT2D eigenvalue weighted by molar-refractivity contribution is 9.10. The van der Waals surface area contributed by atoms with E-state index < -0.39 is 0 Å². The summed E-state index contributed by atoms with van der Waals surface area (Å²) in [5.74, 6) is 0.931. The molecule has 0 radical (unpaired) electrons. The first-order valence-electron chi connectivity index (χ1n) is 4.76. The molecule has 0 saturated heterocycles. The molecule has 1 aromatic rings. The van der Waals surface area contributed by atoms with Gasteiger partial charge in [-0.15, -0.1) is 0 Å². The van der Waals surface area contributed by atoms with Crippen LogP contribution in [-0.4, -0.2) is 6.54 Å². The van der Waals surface area contributed by atoms with Crippen LogP contribution in [0.25, 0.3) is 0 Å². The monoisotopic (exact) mass is 239 g/mol. The van der Waals surface area contributed by atoms with Crippen LogP contribution in [0.3, 0.4) is 0 Å². The highest BCUT2D eigenvalue weighted by Crippen LogP contribution is 2.29. The third-order valence-electron chi connectivity index (χ3n) is 2.46. The Morgan fingerprint density at radius 3 is 2.85 bits per heavy atom. The molecule has 13 heavy (non-hydrogen) atoms. The van der Waals surface area contributed by atoms with Crippen molar-refractivity contribution in [2.75, 3.05) is 11.9 Å². The summed E-state index contributed by atoms with van der Waals surface area (Å²) in [7, 11) is 0. The van der Waals surface area contributed by atoms with Crippen LogP contribution in [0.15, 0.2) is 22.7 Å². The Morgan fingerprint density at radius 1 is 1.46 bits per heavy atom. The molecular weight excluding hydrogens is 226 g/mol. The van der Waals surface area contributed by atoms with Crippen molar-refractivity contribution in [3.8, 4) is 0 Å². The molecule has 70 valence electrons. The van der Waals surface area contributed by atoms with E-state index in [9.17, 15) is 0 Å². The lowest BCUT2D eigenvalue weighted by Crippen LogP contribution is -2.02. The minimum Gasteiger partial charge on any atom is -0.385 e. The molecule has 1 nitrogen and oxygen atoms in total. The van der Waals surface area contributed by atoms with E-state index in [2.05, 4.69) is 46.4 Å². The number of nitrogens with one attached hydrogen (secondary N) is 1. The average molecular weight is 240 g/mol. The summed E-state index contributed by atoms with van der Waals surface area (Å²) in [5, 5.41) is 3.44. The number of hydrogen-bond donors (Lipinski definition) is 1. The van der Waals surface area contributed by atoms with Gasteiger partial charge in [-0.2, -0.15) is 0 Å². The van der Waals surface area contributed by atoms with E-state index in [0.29, 0.717) is 0 Å². The van der Waals surface area contributed by atoms with E-state index in [1.54, 1.807) is 0 Å². The predicted molar refractivity (Wildman–Crippen MR) is 60.1 cm³/mol. The number of halogens is 1. The molecule has 0 bridgehead atoms. The minimum absolute atomic E-state index is 0.931. The molecule has 2 heteroatoms. The third-order valence-corrected chi connectivity index (χ3v) is 3.32. The van der Waals surface area contributed by atoms with Crippen molar-refractivity contribution in [2.45, 2.75) is 19.8 Å². The summed E-state index contributed by atoms with van der Waals surface area (Å²) in [6.45, 7) is 3.24. The number of aryl methyl sites for hydroxylation is 1. The Labute approximate surface area is 87.7 Å². The molecule has 0 spiro atoms. The molecule has 1 aliphatic rings. The van der Waals surface area contributed by atoms with Crippen LogP contribution in [0, 0.1) is 12.8 Å². The Hall–Kier alpha value is -0.500. The third kappa shape index (κ3) is 2.47. The Kier molecular flexibility index (Phi) is 2.58. The van der Waals surface area contributed by atoms with Crippen molar-refractivity contribution in [2.24, 2.45) is 5.92 Å². The van der Waals surface area contributed by atoms with Crippen LogP contribution in [0.4, 0.5) is 5.69 Å². The number of benzene rings is 1. The summed E-state index contributed by atoms with van der Waals surface area (Å²) in [6, 6.07) is 6.43. The summed E-state index contributed by atoms with van der Waals surface area (Å²) in [4.78, 5) is 0. The molecule has 1 aromatic carbocycles. The molecule has 0 aromatic heterocycles. The van der Waals surface area contributed by atoms with Crippen LogP contribution in [0.1, 0.15) is 18.4 Å². The smallest absolute Gasteiger partial charge is 0.0351 e. The van der Waals surface area contributed by atoms with Gasteiger partial charge in [0.25, 0.3) is 0 Å². The van der Waals surface area contributed by atoms with Gasteiger partial charge in [-0.3, -0.25) is 0 Å².